The minimum absolute atomic E-state index is 0.00502. The van der Waals surface area contributed by atoms with Crippen molar-refractivity contribution in [3.63, 3.8) is 0 Å². The lowest BCUT2D eigenvalue weighted by atomic mass is 9.95. The number of ether oxygens (including phenoxy) is 5. The number of fused-ring (bicyclic) bond motifs is 4. The van der Waals surface area contributed by atoms with Crippen LogP contribution in [0.25, 0.3) is 32.9 Å². The van der Waals surface area contributed by atoms with Crippen LogP contribution in [0.15, 0.2) is 36.5 Å². The normalized spacial score (nSPS) is 18.0. The summed E-state index contributed by atoms with van der Waals surface area (Å²) in [6, 6.07) is 9.77. The summed E-state index contributed by atoms with van der Waals surface area (Å²) in [5.74, 6) is 0.440. The second kappa shape index (κ2) is 12.8. The van der Waals surface area contributed by atoms with Crippen LogP contribution in [0.1, 0.15) is 25.3 Å². The molecule has 0 spiro atoms. The molecule has 2 aromatic heterocycles. The summed E-state index contributed by atoms with van der Waals surface area (Å²) in [5, 5.41) is 2.25. The first kappa shape index (κ1) is 29.9. The Balaban J connectivity index is 1.51. The molecule has 232 valence electrons. The number of piperazine rings is 1. The highest BCUT2D eigenvalue weighted by molar-refractivity contribution is 6.01. The number of aryl methyl sites for hydroxylation is 1. The topological polar surface area (TPSA) is 108 Å². The Morgan fingerprint density at radius 2 is 1.84 bits per heavy atom. The Kier molecular flexibility index (Phi) is 8.74. The molecule has 0 aliphatic carbocycles. The molecular formula is C32H36FN5O6. The molecule has 0 N–H and O–H groups in total. The molecule has 2 fully saturated rings. The lowest BCUT2D eigenvalue weighted by molar-refractivity contribution is -0.123. The number of benzene rings is 2. The van der Waals surface area contributed by atoms with Gasteiger partial charge in [0.2, 0.25) is 6.41 Å². The van der Waals surface area contributed by atoms with E-state index in [-0.39, 0.29) is 42.7 Å². The lowest BCUT2D eigenvalue weighted by Gasteiger charge is -2.39. The summed E-state index contributed by atoms with van der Waals surface area (Å²) in [5.41, 5.74) is 1.86. The van der Waals surface area contributed by atoms with E-state index in [2.05, 4.69) is 21.8 Å². The van der Waals surface area contributed by atoms with E-state index in [1.165, 1.54) is 14.2 Å². The largest absolute Gasteiger partial charge is 0.468 e. The van der Waals surface area contributed by atoms with E-state index in [0.29, 0.717) is 35.6 Å². The summed E-state index contributed by atoms with van der Waals surface area (Å²) >= 11 is 0. The van der Waals surface area contributed by atoms with Gasteiger partial charge in [0.25, 0.3) is 0 Å². The Morgan fingerprint density at radius 3 is 2.52 bits per heavy atom. The van der Waals surface area contributed by atoms with Gasteiger partial charge in [-0.3, -0.25) is 9.78 Å². The van der Waals surface area contributed by atoms with E-state index in [9.17, 15) is 4.79 Å². The standard InChI is InChI=1S/C32H36FN5O6/c1-5-19-7-6-8-20-11-23(44-18-40-2)12-24(27(19)20)29-28(33)30-25(13-34-29)31(36-32(35-30)43-16-26(41-3)42-4)37-14-21-9-10-22(15-37)38(21)17-39/h6-8,11-13,17,21-22,26H,5,9-10,14-16,18H2,1-4H3. The van der Waals surface area contributed by atoms with Gasteiger partial charge in [-0.2, -0.15) is 9.97 Å². The zero-order valence-electron chi connectivity index (χ0n) is 25.3. The van der Waals surface area contributed by atoms with Crippen LogP contribution in [0, 0.1) is 5.82 Å². The molecule has 4 aromatic rings. The average Bonchev–Trinajstić information content (AvgIpc) is 3.30. The molecule has 44 heavy (non-hydrogen) atoms. The fraction of sp³-hybridized carbons (Fsp3) is 0.438. The Hall–Kier alpha value is -4.13. The summed E-state index contributed by atoms with van der Waals surface area (Å²) in [6.45, 7) is 3.24. The Bertz CT molecular complexity index is 1650. The van der Waals surface area contributed by atoms with Crippen molar-refractivity contribution in [2.45, 2.75) is 44.6 Å². The summed E-state index contributed by atoms with van der Waals surface area (Å²) < 4.78 is 44.2. The number of halogens is 1. The summed E-state index contributed by atoms with van der Waals surface area (Å²) in [6.07, 6.45) is 4.45. The predicted molar refractivity (Wildman–Crippen MR) is 162 cm³/mol. The van der Waals surface area contributed by atoms with E-state index >= 15 is 4.39 Å². The molecule has 4 heterocycles. The number of hydrogen-bond acceptors (Lipinski definition) is 10. The lowest BCUT2D eigenvalue weighted by Crippen LogP contribution is -2.53. The van der Waals surface area contributed by atoms with E-state index in [1.54, 1.807) is 19.4 Å². The first-order chi connectivity index (χ1) is 21.5. The molecule has 12 heteroatoms. The highest BCUT2D eigenvalue weighted by Crippen LogP contribution is 2.40. The van der Waals surface area contributed by atoms with E-state index < -0.39 is 12.1 Å². The third-order valence-electron chi connectivity index (χ3n) is 8.49. The quantitative estimate of drug-likeness (QED) is 0.171. The van der Waals surface area contributed by atoms with Gasteiger partial charge >= 0.3 is 6.01 Å². The van der Waals surface area contributed by atoms with Crippen molar-refractivity contribution in [1.29, 1.82) is 0 Å². The zero-order valence-corrected chi connectivity index (χ0v) is 25.3. The monoisotopic (exact) mass is 605 g/mol. The second-order valence-corrected chi connectivity index (χ2v) is 11.0. The first-order valence-electron chi connectivity index (χ1n) is 14.7. The molecule has 2 atom stereocenters. The maximum absolute atomic E-state index is 16.8. The second-order valence-electron chi connectivity index (χ2n) is 11.0. The zero-order chi connectivity index (χ0) is 30.8. The predicted octanol–water partition coefficient (Wildman–Crippen LogP) is 4.34. The minimum Gasteiger partial charge on any atom is -0.468 e. The highest BCUT2D eigenvalue weighted by Gasteiger charge is 2.40. The molecule has 2 bridgehead atoms. The van der Waals surface area contributed by atoms with Crippen LogP contribution in [-0.2, 0) is 25.4 Å². The van der Waals surface area contributed by atoms with Crippen molar-refractivity contribution < 1.29 is 32.9 Å². The smallest absolute Gasteiger partial charge is 0.319 e. The van der Waals surface area contributed by atoms with Gasteiger partial charge in [0.1, 0.15) is 29.4 Å². The van der Waals surface area contributed by atoms with Crippen molar-refractivity contribution in [2.75, 3.05) is 52.7 Å². The molecule has 11 nitrogen and oxygen atoms in total. The number of hydrogen-bond donors (Lipinski definition) is 0. The summed E-state index contributed by atoms with van der Waals surface area (Å²) in [7, 11) is 4.55. The maximum Gasteiger partial charge on any atom is 0.319 e. The molecule has 2 saturated heterocycles. The van der Waals surface area contributed by atoms with Gasteiger partial charge in [-0.15, -0.1) is 0 Å². The van der Waals surface area contributed by atoms with Crippen LogP contribution in [-0.4, -0.2) is 92.5 Å². The van der Waals surface area contributed by atoms with Crippen LogP contribution >= 0.6 is 0 Å². The fourth-order valence-electron chi connectivity index (χ4n) is 6.34. The van der Waals surface area contributed by atoms with Gasteiger partial charge in [0.15, 0.2) is 18.9 Å². The van der Waals surface area contributed by atoms with Crippen molar-refractivity contribution in [1.82, 2.24) is 19.9 Å². The number of nitrogens with zero attached hydrogens (tertiary/aromatic N) is 5. The van der Waals surface area contributed by atoms with Crippen LogP contribution in [0.2, 0.25) is 0 Å². The number of aromatic nitrogens is 3. The van der Waals surface area contributed by atoms with Crippen molar-refractivity contribution in [2.24, 2.45) is 0 Å². The molecule has 2 aliphatic heterocycles. The Labute approximate surface area is 254 Å². The van der Waals surface area contributed by atoms with E-state index in [1.807, 2.05) is 29.2 Å². The van der Waals surface area contributed by atoms with Gasteiger partial charge < -0.3 is 33.5 Å². The molecule has 2 aliphatic rings. The third-order valence-corrected chi connectivity index (χ3v) is 8.49. The number of pyridine rings is 1. The average molecular weight is 606 g/mol. The maximum atomic E-state index is 16.8. The molecule has 6 rings (SSSR count). The SMILES string of the molecule is CCc1cccc2cc(OCOC)cc(-c3ncc4c(N5CC6CCC(C5)N6C=O)nc(OCC(OC)OC)nc4c3F)c12. The van der Waals surface area contributed by atoms with Gasteiger partial charge in [-0.25, -0.2) is 4.39 Å². The molecule has 2 unspecified atom stereocenters. The number of rotatable bonds is 12. The molecule has 1 amide bonds. The van der Waals surface area contributed by atoms with Crippen molar-refractivity contribution in [3.05, 3.63) is 47.9 Å². The number of anilines is 1. The fourth-order valence-corrected chi connectivity index (χ4v) is 6.34. The Morgan fingerprint density at radius 1 is 1.07 bits per heavy atom. The third kappa shape index (κ3) is 5.49. The van der Waals surface area contributed by atoms with Crippen molar-refractivity contribution in [3.8, 4) is 23.0 Å². The van der Waals surface area contributed by atoms with Crippen LogP contribution < -0.4 is 14.4 Å². The number of methoxy groups -OCH3 is 3. The van der Waals surface area contributed by atoms with Crippen LogP contribution in [0.5, 0.6) is 11.8 Å². The summed E-state index contributed by atoms with van der Waals surface area (Å²) in [4.78, 5) is 29.6. The number of amides is 1. The van der Waals surface area contributed by atoms with Crippen molar-refractivity contribution >= 4 is 33.9 Å². The number of carbonyl (C=O) groups excluding carboxylic acids is 1. The van der Waals surface area contributed by atoms with Gasteiger partial charge in [0.05, 0.1) is 5.39 Å². The molecule has 2 aromatic carbocycles. The van der Waals surface area contributed by atoms with E-state index in [4.69, 9.17) is 28.7 Å². The van der Waals surface area contributed by atoms with Crippen LogP contribution in [0.4, 0.5) is 10.2 Å². The van der Waals surface area contributed by atoms with Crippen LogP contribution in [0.3, 0.4) is 0 Å². The van der Waals surface area contributed by atoms with Gasteiger partial charge in [0, 0.05) is 58.3 Å². The molecule has 0 radical (unpaired) electrons. The van der Waals surface area contributed by atoms with Gasteiger partial charge in [-0.05, 0) is 47.7 Å². The van der Waals surface area contributed by atoms with Gasteiger partial charge in [-0.1, -0.05) is 25.1 Å². The minimum atomic E-state index is -0.656. The highest BCUT2D eigenvalue weighted by atomic mass is 19.1. The molecular weight excluding hydrogens is 569 g/mol. The molecule has 0 saturated carbocycles. The first-order valence-corrected chi connectivity index (χ1v) is 14.7. The number of carbonyl (C=O) groups is 1. The van der Waals surface area contributed by atoms with E-state index in [0.717, 1.165) is 42.0 Å².